The molecule has 82 valence electrons. The average molecular weight is 236 g/mol. The molecule has 1 heterocycles. The molecule has 1 heteroatoms. The lowest BCUT2D eigenvalue weighted by Crippen LogP contribution is -1.94. The number of hydrogen-bond donors (Lipinski definition) is 0. The minimum Gasteiger partial charge on any atom is -0.0622 e. The Morgan fingerprint density at radius 1 is 0.588 bits per heavy atom. The van der Waals surface area contributed by atoms with Gasteiger partial charge in [0.15, 0.2) is 0 Å². The molecule has 0 saturated carbocycles. The van der Waals surface area contributed by atoms with Gasteiger partial charge in [-0.05, 0) is 24.4 Å². The zero-order valence-electron chi connectivity index (χ0n) is 9.45. The summed E-state index contributed by atoms with van der Waals surface area (Å²) in [7, 11) is -0.301. The largest absolute Gasteiger partial charge is 0.0622 e. The molecular formula is C16H13P. The highest BCUT2D eigenvalue weighted by Crippen LogP contribution is 2.41. The van der Waals surface area contributed by atoms with Crippen LogP contribution in [-0.2, 0) is 0 Å². The Balaban J connectivity index is 1.99. The zero-order valence-corrected chi connectivity index (χ0v) is 10.3. The highest BCUT2D eigenvalue weighted by Gasteiger charge is 2.06. The van der Waals surface area contributed by atoms with Gasteiger partial charge in [-0.2, -0.15) is 0 Å². The van der Waals surface area contributed by atoms with E-state index in [0.29, 0.717) is 0 Å². The van der Waals surface area contributed by atoms with Crippen LogP contribution in [0.4, 0.5) is 0 Å². The van der Waals surface area contributed by atoms with Crippen LogP contribution in [0.1, 0.15) is 11.1 Å². The molecule has 0 spiro atoms. The summed E-state index contributed by atoms with van der Waals surface area (Å²) in [6, 6.07) is 19.2. The second kappa shape index (κ2) is 4.69. The lowest BCUT2D eigenvalue weighted by atomic mass is 10.1. The summed E-state index contributed by atoms with van der Waals surface area (Å²) >= 11 is 0. The second-order valence-electron chi connectivity index (χ2n) is 4.00. The minimum atomic E-state index is -0.301. The van der Waals surface area contributed by atoms with Crippen molar-refractivity contribution < 1.29 is 0 Å². The summed E-state index contributed by atoms with van der Waals surface area (Å²) in [5, 5.41) is 1.41. The number of rotatable bonds is 1. The van der Waals surface area contributed by atoms with E-state index in [1.165, 1.54) is 16.4 Å². The topological polar surface area (TPSA) is 0 Å². The molecule has 1 aliphatic heterocycles. The highest BCUT2D eigenvalue weighted by atomic mass is 31.1. The van der Waals surface area contributed by atoms with E-state index in [4.69, 9.17) is 0 Å². The maximum absolute atomic E-state index is 2.33. The molecule has 0 aliphatic carbocycles. The molecule has 0 fully saturated rings. The Hall–Kier alpha value is -1.65. The summed E-state index contributed by atoms with van der Waals surface area (Å²) in [6.07, 6.45) is 4.49. The molecule has 0 radical (unpaired) electrons. The third-order valence-electron chi connectivity index (χ3n) is 2.88. The quantitative estimate of drug-likeness (QED) is 0.642. The van der Waals surface area contributed by atoms with E-state index < -0.39 is 0 Å². The van der Waals surface area contributed by atoms with Crippen LogP contribution in [0.3, 0.4) is 0 Å². The van der Waals surface area contributed by atoms with E-state index in [1.807, 2.05) is 0 Å². The van der Waals surface area contributed by atoms with Gasteiger partial charge < -0.3 is 0 Å². The Bertz CT molecular complexity index is 534. The monoisotopic (exact) mass is 236 g/mol. The van der Waals surface area contributed by atoms with Gasteiger partial charge in [0.25, 0.3) is 0 Å². The standard InChI is InChI=1S/C16H13P/c1-2-8-16(9-3-1)17-12-10-14-6-4-5-7-15(14)11-13-17/h1-13H. The lowest BCUT2D eigenvalue weighted by Gasteiger charge is -2.06. The molecular weight excluding hydrogens is 223 g/mol. The normalized spacial score (nSPS) is 14.4. The molecule has 0 amide bonds. The van der Waals surface area contributed by atoms with Crippen LogP contribution >= 0.6 is 7.92 Å². The first-order valence-electron chi connectivity index (χ1n) is 5.72. The van der Waals surface area contributed by atoms with E-state index in [1.54, 1.807) is 0 Å². The van der Waals surface area contributed by atoms with Crippen molar-refractivity contribution in [1.82, 2.24) is 0 Å². The molecule has 2 aromatic rings. The van der Waals surface area contributed by atoms with Crippen molar-refractivity contribution >= 4 is 25.4 Å². The van der Waals surface area contributed by atoms with E-state index >= 15 is 0 Å². The minimum absolute atomic E-state index is 0.301. The second-order valence-corrected chi connectivity index (χ2v) is 5.93. The Labute approximate surface area is 103 Å². The first-order chi connectivity index (χ1) is 8.43. The van der Waals surface area contributed by atoms with Crippen molar-refractivity contribution in [3.63, 3.8) is 0 Å². The molecule has 0 N–H and O–H groups in total. The van der Waals surface area contributed by atoms with Gasteiger partial charge >= 0.3 is 0 Å². The molecule has 17 heavy (non-hydrogen) atoms. The Kier molecular flexibility index (Phi) is 2.90. The van der Waals surface area contributed by atoms with Crippen LogP contribution in [0, 0.1) is 0 Å². The van der Waals surface area contributed by atoms with Gasteiger partial charge in [0.05, 0.1) is 0 Å². The molecule has 1 aliphatic rings. The predicted octanol–water partition coefficient (Wildman–Crippen LogP) is 4.45. The SMILES string of the molecule is C1=CP(c2ccccc2)C=Cc2ccccc21. The fraction of sp³-hybridized carbons (Fsp3) is 0. The van der Waals surface area contributed by atoms with Crippen molar-refractivity contribution in [2.75, 3.05) is 0 Å². The number of benzene rings is 2. The van der Waals surface area contributed by atoms with Crippen molar-refractivity contribution in [1.29, 1.82) is 0 Å². The van der Waals surface area contributed by atoms with E-state index in [-0.39, 0.29) is 7.92 Å². The zero-order chi connectivity index (χ0) is 11.5. The van der Waals surface area contributed by atoms with Gasteiger partial charge in [-0.1, -0.05) is 78.4 Å². The van der Waals surface area contributed by atoms with Gasteiger partial charge in [0, 0.05) is 0 Å². The molecule has 0 bridgehead atoms. The van der Waals surface area contributed by atoms with Crippen LogP contribution in [0.25, 0.3) is 12.2 Å². The van der Waals surface area contributed by atoms with E-state index in [0.717, 1.165) is 0 Å². The smallest absolute Gasteiger partial charge is 0.0162 e. The summed E-state index contributed by atoms with van der Waals surface area (Å²) in [5.74, 6) is 4.65. The highest BCUT2D eigenvalue weighted by molar-refractivity contribution is 7.71. The fourth-order valence-electron chi connectivity index (χ4n) is 1.96. The van der Waals surface area contributed by atoms with Gasteiger partial charge in [0.1, 0.15) is 0 Å². The average Bonchev–Trinajstić information content (AvgIpc) is 2.62. The van der Waals surface area contributed by atoms with Crippen molar-refractivity contribution in [2.45, 2.75) is 0 Å². The van der Waals surface area contributed by atoms with Crippen LogP contribution in [-0.4, -0.2) is 0 Å². The van der Waals surface area contributed by atoms with E-state index in [9.17, 15) is 0 Å². The van der Waals surface area contributed by atoms with Crippen molar-refractivity contribution in [3.8, 4) is 0 Å². The molecule has 2 aromatic carbocycles. The Morgan fingerprint density at radius 3 is 1.71 bits per heavy atom. The third-order valence-corrected chi connectivity index (χ3v) is 4.71. The van der Waals surface area contributed by atoms with Gasteiger partial charge in [-0.15, -0.1) is 0 Å². The van der Waals surface area contributed by atoms with Crippen LogP contribution < -0.4 is 5.30 Å². The van der Waals surface area contributed by atoms with Gasteiger partial charge in [-0.3, -0.25) is 0 Å². The molecule has 0 unspecified atom stereocenters. The molecule has 0 saturated heterocycles. The molecule has 0 nitrogen and oxygen atoms in total. The van der Waals surface area contributed by atoms with Crippen molar-refractivity contribution in [2.24, 2.45) is 0 Å². The third kappa shape index (κ3) is 2.23. The number of hydrogen-bond acceptors (Lipinski definition) is 0. The number of fused-ring (bicyclic) bond motifs is 1. The van der Waals surface area contributed by atoms with E-state index in [2.05, 4.69) is 78.4 Å². The fourth-order valence-corrected chi connectivity index (χ4v) is 3.56. The summed E-state index contributed by atoms with van der Waals surface area (Å²) in [4.78, 5) is 0. The summed E-state index contributed by atoms with van der Waals surface area (Å²) in [5.41, 5.74) is 2.62. The predicted molar refractivity (Wildman–Crippen MR) is 77.5 cm³/mol. The van der Waals surface area contributed by atoms with Crippen molar-refractivity contribution in [3.05, 3.63) is 77.4 Å². The maximum Gasteiger partial charge on any atom is -0.0162 e. The van der Waals surface area contributed by atoms with Gasteiger partial charge in [0.2, 0.25) is 0 Å². The van der Waals surface area contributed by atoms with Crippen LogP contribution in [0.15, 0.2) is 66.2 Å². The van der Waals surface area contributed by atoms with Crippen LogP contribution in [0.2, 0.25) is 0 Å². The summed E-state index contributed by atoms with van der Waals surface area (Å²) < 4.78 is 0. The lowest BCUT2D eigenvalue weighted by molar-refractivity contribution is 1.62. The molecule has 3 rings (SSSR count). The van der Waals surface area contributed by atoms with Gasteiger partial charge in [-0.25, -0.2) is 0 Å². The van der Waals surface area contributed by atoms with Crippen LogP contribution in [0.5, 0.6) is 0 Å². The summed E-state index contributed by atoms with van der Waals surface area (Å²) in [6.45, 7) is 0. The maximum atomic E-state index is 2.33. The first kappa shape index (κ1) is 10.5. The first-order valence-corrected chi connectivity index (χ1v) is 7.20. The molecule has 0 aromatic heterocycles. The Morgan fingerprint density at radius 2 is 1.12 bits per heavy atom. The molecule has 0 atom stereocenters.